The van der Waals surface area contributed by atoms with Gasteiger partial charge in [0, 0.05) is 18.4 Å². The standard InChI is InChI=1S/C20H22FNO3/c1-20(2,16-5-3-4-6-17(16)21)13-22-18(23)12-9-14-7-10-15(11-8-14)19(24)25/h3-8,10-11H,9,12-13H2,1-2H3,(H,22,23)(H,24,25). The van der Waals surface area contributed by atoms with Crippen LogP contribution in [0.15, 0.2) is 48.5 Å². The Morgan fingerprint density at radius 3 is 2.32 bits per heavy atom. The second kappa shape index (κ2) is 7.92. The van der Waals surface area contributed by atoms with E-state index in [1.54, 1.807) is 30.3 Å². The number of halogens is 1. The number of benzene rings is 2. The normalized spacial score (nSPS) is 11.2. The maximum Gasteiger partial charge on any atom is 0.335 e. The summed E-state index contributed by atoms with van der Waals surface area (Å²) in [4.78, 5) is 22.9. The van der Waals surface area contributed by atoms with E-state index in [1.807, 2.05) is 13.8 Å². The topological polar surface area (TPSA) is 66.4 Å². The minimum Gasteiger partial charge on any atom is -0.478 e. The van der Waals surface area contributed by atoms with E-state index in [2.05, 4.69) is 5.32 Å². The molecule has 0 saturated heterocycles. The molecule has 2 N–H and O–H groups in total. The van der Waals surface area contributed by atoms with E-state index in [-0.39, 0.29) is 17.3 Å². The number of hydrogen-bond acceptors (Lipinski definition) is 2. The fraction of sp³-hybridized carbons (Fsp3) is 0.300. The van der Waals surface area contributed by atoms with Crippen molar-refractivity contribution in [2.45, 2.75) is 32.1 Å². The monoisotopic (exact) mass is 343 g/mol. The van der Waals surface area contributed by atoms with Gasteiger partial charge >= 0.3 is 5.97 Å². The van der Waals surface area contributed by atoms with Gasteiger partial charge in [-0.25, -0.2) is 9.18 Å². The number of rotatable bonds is 7. The maximum absolute atomic E-state index is 13.9. The van der Waals surface area contributed by atoms with Crippen LogP contribution in [0.2, 0.25) is 0 Å². The summed E-state index contributed by atoms with van der Waals surface area (Å²) < 4.78 is 13.9. The lowest BCUT2D eigenvalue weighted by atomic mass is 9.84. The molecule has 2 aromatic rings. The largest absolute Gasteiger partial charge is 0.478 e. The van der Waals surface area contributed by atoms with Crippen molar-refractivity contribution in [2.24, 2.45) is 0 Å². The van der Waals surface area contributed by atoms with Crippen LogP contribution in [0.25, 0.3) is 0 Å². The molecule has 0 unspecified atom stereocenters. The van der Waals surface area contributed by atoms with Crippen LogP contribution in [-0.2, 0) is 16.6 Å². The Labute approximate surface area is 146 Å². The van der Waals surface area contributed by atoms with E-state index in [9.17, 15) is 14.0 Å². The molecule has 0 atom stereocenters. The number of carboxylic acids is 1. The molecular formula is C20H22FNO3. The van der Waals surface area contributed by atoms with Crippen LogP contribution in [0.5, 0.6) is 0 Å². The molecule has 0 aliphatic rings. The molecule has 25 heavy (non-hydrogen) atoms. The molecule has 0 aliphatic heterocycles. The Balaban J connectivity index is 1.86. The molecule has 2 aromatic carbocycles. The highest BCUT2D eigenvalue weighted by atomic mass is 19.1. The van der Waals surface area contributed by atoms with Crippen molar-refractivity contribution in [3.05, 3.63) is 71.0 Å². The lowest BCUT2D eigenvalue weighted by molar-refractivity contribution is -0.121. The van der Waals surface area contributed by atoms with Gasteiger partial charge in [-0.2, -0.15) is 0 Å². The molecule has 0 saturated carbocycles. The van der Waals surface area contributed by atoms with Crippen LogP contribution in [0.3, 0.4) is 0 Å². The molecule has 0 radical (unpaired) electrons. The Hall–Kier alpha value is -2.69. The summed E-state index contributed by atoms with van der Waals surface area (Å²) in [5.74, 6) is -1.37. The van der Waals surface area contributed by atoms with Crippen molar-refractivity contribution in [2.75, 3.05) is 6.54 Å². The third kappa shape index (κ3) is 5.14. The summed E-state index contributed by atoms with van der Waals surface area (Å²) in [5, 5.41) is 11.7. The van der Waals surface area contributed by atoms with E-state index < -0.39 is 11.4 Å². The molecule has 0 heterocycles. The Morgan fingerprint density at radius 1 is 1.08 bits per heavy atom. The number of aromatic carboxylic acids is 1. The predicted molar refractivity (Wildman–Crippen MR) is 94.2 cm³/mol. The highest BCUT2D eigenvalue weighted by Crippen LogP contribution is 2.24. The molecule has 2 rings (SSSR count). The van der Waals surface area contributed by atoms with Crippen molar-refractivity contribution < 1.29 is 19.1 Å². The summed E-state index contributed by atoms with van der Waals surface area (Å²) in [6.45, 7) is 4.11. The second-order valence-electron chi connectivity index (χ2n) is 6.64. The first kappa shape index (κ1) is 18.6. The molecule has 1 amide bonds. The summed E-state index contributed by atoms with van der Waals surface area (Å²) in [6.07, 6.45) is 0.811. The minimum absolute atomic E-state index is 0.119. The lowest BCUT2D eigenvalue weighted by Gasteiger charge is -2.26. The number of aryl methyl sites for hydroxylation is 1. The fourth-order valence-electron chi connectivity index (χ4n) is 2.59. The summed E-state index contributed by atoms with van der Waals surface area (Å²) >= 11 is 0. The molecule has 5 heteroatoms. The molecule has 4 nitrogen and oxygen atoms in total. The van der Waals surface area contributed by atoms with Gasteiger partial charge in [0.15, 0.2) is 0 Å². The van der Waals surface area contributed by atoms with Crippen LogP contribution in [0.1, 0.15) is 41.8 Å². The third-order valence-corrected chi connectivity index (χ3v) is 4.17. The van der Waals surface area contributed by atoms with E-state index in [0.29, 0.717) is 24.9 Å². The van der Waals surface area contributed by atoms with Gasteiger partial charge in [0.25, 0.3) is 0 Å². The van der Waals surface area contributed by atoms with Crippen molar-refractivity contribution in [1.29, 1.82) is 0 Å². The Kier molecular flexibility index (Phi) is 5.91. The van der Waals surface area contributed by atoms with Crippen LogP contribution in [0.4, 0.5) is 4.39 Å². The average Bonchev–Trinajstić information content (AvgIpc) is 2.59. The number of carboxylic acid groups (broad SMARTS) is 1. The predicted octanol–water partition coefficient (Wildman–Crippen LogP) is 3.55. The van der Waals surface area contributed by atoms with Crippen LogP contribution >= 0.6 is 0 Å². The first-order chi connectivity index (χ1) is 11.8. The van der Waals surface area contributed by atoms with Gasteiger partial charge in [-0.3, -0.25) is 4.79 Å². The van der Waals surface area contributed by atoms with Gasteiger partial charge in [0.2, 0.25) is 5.91 Å². The van der Waals surface area contributed by atoms with Gasteiger partial charge in [0.05, 0.1) is 5.56 Å². The quantitative estimate of drug-likeness (QED) is 0.808. The number of amides is 1. The zero-order chi connectivity index (χ0) is 18.4. The Morgan fingerprint density at radius 2 is 1.72 bits per heavy atom. The van der Waals surface area contributed by atoms with Gasteiger partial charge in [-0.15, -0.1) is 0 Å². The molecule has 132 valence electrons. The van der Waals surface area contributed by atoms with Crippen molar-refractivity contribution in [1.82, 2.24) is 5.32 Å². The highest BCUT2D eigenvalue weighted by molar-refractivity contribution is 5.87. The average molecular weight is 343 g/mol. The maximum atomic E-state index is 13.9. The van der Waals surface area contributed by atoms with E-state index >= 15 is 0 Å². The van der Waals surface area contributed by atoms with Crippen molar-refractivity contribution in [3.63, 3.8) is 0 Å². The van der Waals surface area contributed by atoms with E-state index in [0.717, 1.165) is 5.56 Å². The first-order valence-corrected chi connectivity index (χ1v) is 8.13. The number of nitrogens with one attached hydrogen (secondary N) is 1. The van der Waals surface area contributed by atoms with Crippen LogP contribution in [-0.4, -0.2) is 23.5 Å². The molecule has 0 bridgehead atoms. The zero-order valence-corrected chi connectivity index (χ0v) is 14.4. The number of carbonyl (C=O) groups is 2. The number of hydrogen-bond donors (Lipinski definition) is 2. The fourth-order valence-corrected chi connectivity index (χ4v) is 2.59. The number of carbonyl (C=O) groups excluding carboxylic acids is 1. The van der Waals surface area contributed by atoms with Gasteiger partial charge in [-0.05, 0) is 35.7 Å². The van der Waals surface area contributed by atoms with Gasteiger partial charge in [0.1, 0.15) is 5.82 Å². The second-order valence-corrected chi connectivity index (χ2v) is 6.64. The van der Waals surface area contributed by atoms with Crippen molar-refractivity contribution in [3.8, 4) is 0 Å². The molecule has 0 aromatic heterocycles. The molecule has 0 spiro atoms. The summed E-state index contributed by atoms with van der Waals surface area (Å²) in [5.41, 5.74) is 1.18. The highest BCUT2D eigenvalue weighted by Gasteiger charge is 2.24. The summed E-state index contributed by atoms with van der Waals surface area (Å²) in [7, 11) is 0. The summed E-state index contributed by atoms with van der Waals surface area (Å²) in [6, 6.07) is 13.0. The van der Waals surface area contributed by atoms with E-state index in [4.69, 9.17) is 5.11 Å². The first-order valence-electron chi connectivity index (χ1n) is 8.13. The van der Waals surface area contributed by atoms with Crippen LogP contribution < -0.4 is 5.32 Å². The minimum atomic E-state index is -0.973. The van der Waals surface area contributed by atoms with Crippen molar-refractivity contribution >= 4 is 11.9 Å². The van der Waals surface area contributed by atoms with Gasteiger partial charge < -0.3 is 10.4 Å². The molecule has 0 fully saturated rings. The van der Waals surface area contributed by atoms with Gasteiger partial charge in [-0.1, -0.05) is 44.2 Å². The third-order valence-electron chi connectivity index (χ3n) is 4.17. The molecule has 0 aliphatic carbocycles. The smallest absolute Gasteiger partial charge is 0.335 e. The Bertz CT molecular complexity index is 754. The molecular weight excluding hydrogens is 321 g/mol. The van der Waals surface area contributed by atoms with Crippen LogP contribution in [0, 0.1) is 5.82 Å². The van der Waals surface area contributed by atoms with E-state index in [1.165, 1.54) is 18.2 Å². The lowest BCUT2D eigenvalue weighted by Crippen LogP contribution is -2.37. The zero-order valence-electron chi connectivity index (χ0n) is 14.4. The SMILES string of the molecule is CC(C)(CNC(=O)CCc1ccc(C(=O)O)cc1)c1ccccc1F.